The molecule has 4 heterocycles. The van der Waals surface area contributed by atoms with Gasteiger partial charge in [0.25, 0.3) is 0 Å². The summed E-state index contributed by atoms with van der Waals surface area (Å²) in [5.74, 6) is 0.768. The van der Waals surface area contributed by atoms with Crippen molar-refractivity contribution in [3.05, 3.63) is 106 Å². The summed E-state index contributed by atoms with van der Waals surface area (Å²) in [7, 11) is 0. The molecular formula is C34H38ClN5S. The van der Waals surface area contributed by atoms with Gasteiger partial charge in [-0.05, 0) is 105 Å². The van der Waals surface area contributed by atoms with E-state index >= 15 is 0 Å². The molecule has 0 radical (unpaired) electrons. The Bertz CT molecular complexity index is 1560. The van der Waals surface area contributed by atoms with Crippen molar-refractivity contribution in [1.82, 2.24) is 14.9 Å². The molecule has 0 unspecified atom stereocenters. The number of nitrogens with one attached hydrogen (secondary N) is 1. The molecule has 6 rings (SSSR count). The molecule has 2 aromatic heterocycles. The van der Waals surface area contributed by atoms with E-state index in [9.17, 15) is 0 Å². The maximum Gasteiger partial charge on any atom is 0.174 e. The average Bonchev–Trinajstić information content (AvgIpc) is 3.48. The number of anilines is 2. The van der Waals surface area contributed by atoms with E-state index in [-0.39, 0.29) is 12.1 Å². The van der Waals surface area contributed by atoms with Crippen molar-refractivity contribution in [2.75, 3.05) is 22.9 Å². The zero-order valence-electron chi connectivity index (χ0n) is 24.3. The number of pyridine rings is 1. The maximum absolute atomic E-state index is 7.00. The van der Waals surface area contributed by atoms with Crippen LogP contribution in [0.25, 0.3) is 5.69 Å². The van der Waals surface area contributed by atoms with Gasteiger partial charge in [-0.25, -0.2) is 0 Å². The molecule has 2 fully saturated rings. The zero-order valence-corrected chi connectivity index (χ0v) is 25.8. The standard InChI is InChI=1S/C34H38ClN5S/c1-5-25-10-6-7-12-30(25)39-23(3)20-27(24(39)4)33-32(29-11-8-9-17-36-29)37-34(41)40(33)26-13-14-31(28(35)21-26)38-18-15-22(2)16-19-38/h6-14,17,20-22,32-33H,5,15-16,18-19H2,1-4H3,(H,37,41)/t32-,33-/m1/s1. The van der Waals surface area contributed by atoms with Gasteiger partial charge in [-0.2, -0.15) is 0 Å². The van der Waals surface area contributed by atoms with Gasteiger partial charge in [0.05, 0.1) is 28.5 Å². The van der Waals surface area contributed by atoms with Crippen LogP contribution in [0.3, 0.4) is 0 Å². The summed E-state index contributed by atoms with van der Waals surface area (Å²) in [5, 5.41) is 5.07. The van der Waals surface area contributed by atoms with E-state index in [0.29, 0.717) is 5.11 Å². The number of thiocarbonyl (C=S) groups is 1. The fourth-order valence-electron chi connectivity index (χ4n) is 6.59. The Kier molecular flexibility index (Phi) is 7.80. The molecular weight excluding hydrogens is 546 g/mol. The van der Waals surface area contributed by atoms with Gasteiger partial charge in [0.15, 0.2) is 5.11 Å². The number of hydrogen-bond donors (Lipinski definition) is 1. The highest BCUT2D eigenvalue weighted by Crippen LogP contribution is 2.45. The Morgan fingerprint density at radius 2 is 1.73 bits per heavy atom. The van der Waals surface area contributed by atoms with Crippen LogP contribution in [-0.4, -0.2) is 27.8 Å². The van der Waals surface area contributed by atoms with Crippen LogP contribution in [-0.2, 0) is 6.42 Å². The Labute approximate surface area is 254 Å². The van der Waals surface area contributed by atoms with Crippen molar-refractivity contribution in [3.8, 4) is 5.69 Å². The van der Waals surface area contributed by atoms with Crippen molar-refractivity contribution in [1.29, 1.82) is 0 Å². The van der Waals surface area contributed by atoms with Gasteiger partial charge in [0, 0.05) is 42.0 Å². The number of piperidine rings is 1. The van der Waals surface area contributed by atoms with Crippen LogP contribution in [0.1, 0.15) is 67.0 Å². The second-order valence-electron chi connectivity index (χ2n) is 11.4. The van der Waals surface area contributed by atoms with E-state index in [0.717, 1.165) is 47.5 Å². The van der Waals surface area contributed by atoms with E-state index in [2.05, 4.69) is 102 Å². The Hall–Kier alpha value is -3.35. The highest BCUT2D eigenvalue weighted by Gasteiger charge is 2.42. The minimum absolute atomic E-state index is 0.0936. The fraction of sp³-hybridized carbons (Fsp3) is 0.353. The predicted molar refractivity (Wildman–Crippen MR) is 175 cm³/mol. The summed E-state index contributed by atoms with van der Waals surface area (Å²) in [6.45, 7) is 11.0. The first-order valence-corrected chi connectivity index (χ1v) is 15.5. The molecule has 0 saturated carbocycles. The minimum atomic E-state index is -0.110. The van der Waals surface area contributed by atoms with Crippen LogP contribution in [0, 0.1) is 19.8 Å². The lowest BCUT2D eigenvalue weighted by Crippen LogP contribution is -2.33. The number of benzene rings is 2. The Morgan fingerprint density at radius 3 is 2.44 bits per heavy atom. The highest BCUT2D eigenvalue weighted by atomic mass is 35.5. The normalized spacial score (nSPS) is 19.6. The minimum Gasteiger partial charge on any atom is -0.370 e. The molecule has 0 bridgehead atoms. The molecule has 0 amide bonds. The molecule has 41 heavy (non-hydrogen) atoms. The molecule has 5 nitrogen and oxygen atoms in total. The molecule has 7 heteroatoms. The van der Waals surface area contributed by atoms with Crippen molar-refractivity contribution >= 4 is 40.3 Å². The van der Waals surface area contributed by atoms with Gasteiger partial charge in [-0.1, -0.05) is 49.7 Å². The third kappa shape index (κ3) is 5.13. The summed E-state index contributed by atoms with van der Waals surface area (Å²) in [6, 6.07) is 23.3. The number of para-hydroxylation sites is 1. The largest absolute Gasteiger partial charge is 0.370 e. The number of nitrogens with zero attached hydrogens (tertiary/aromatic N) is 4. The Morgan fingerprint density at radius 1 is 0.976 bits per heavy atom. The van der Waals surface area contributed by atoms with E-state index < -0.39 is 0 Å². The van der Waals surface area contributed by atoms with Crippen molar-refractivity contribution in [2.45, 2.75) is 59.0 Å². The van der Waals surface area contributed by atoms with Gasteiger partial charge in [-0.15, -0.1) is 0 Å². The highest BCUT2D eigenvalue weighted by molar-refractivity contribution is 7.80. The molecule has 212 valence electrons. The molecule has 2 aliphatic rings. The zero-order chi connectivity index (χ0) is 28.7. The lowest BCUT2D eigenvalue weighted by Gasteiger charge is -2.33. The van der Waals surface area contributed by atoms with Gasteiger partial charge in [0.2, 0.25) is 0 Å². The molecule has 1 N–H and O–H groups in total. The summed E-state index contributed by atoms with van der Waals surface area (Å²) < 4.78 is 2.39. The Balaban J connectivity index is 1.45. The first kappa shape index (κ1) is 27.8. The first-order chi connectivity index (χ1) is 19.9. The maximum atomic E-state index is 7.00. The number of aryl methyl sites for hydroxylation is 2. The number of rotatable bonds is 6. The van der Waals surface area contributed by atoms with E-state index in [1.807, 2.05) is 18.3 Å². The lowest BCUT2D eigenvalue weighted by molar-refractivity contribution is 0.438. The lowest BCUT2D eigenvalue weighted by atomic mass is 9.96. The molecule has 4 aromatic rings. The van der Waals surface area contributed by atoms with Crippen LogP contribution < -0.4 is 15.1 Å². The summed E-state index contributed by atoms with van der Waals surface area (Å²) in [4.78, 5) is 9.41. The van der Waals surface area contributed by atoms with Crippen LogP contribution in [0.5, 0.6) is 0 Å². The second kappa shape index (κ2) is 11.5. The van der Waals surface area contributed by atoms with Crippen molar-refractivity contribution in [3.63, 3.8) is 0 Å². The van der Waals surface area contributed by atoms with Gasteiger partial charge in [-0.3, -0.25) is 4.98 Å². The molecule has 2 aliphatic heterocycles. The molecule has 2 aromatic carbocycles. The van der Waals surface area contributed by atoms with Crippen molar-refractivity contribution in [2.24, 2.45) is 5.92 Å². The van der Waals surface area contributed by atoms with E-state index in [1.165, 1.54) is 41.0 Å². The molecule has 2 atom stereocenters. The SMILES string of the molecule is CCc1ccccc1-n1c(C)cc([C@@H]2[C@@H](c3ccccn3)NC(=S)N2c2ccc(N3CCC(C)CC3)c(Cl)c2)c1C. The van der Waals surface area contributed by atoms with Crippen LogP contribution >= 0.6 is 23.8 Å². The molecule has 0 aliphatic carbocycles. The third-order valence-electron chi connectivity index (χ3n) is 8.83. The summed E-state index contributed by atoms with van der Waals surface area (Å²) in [6.07, 6.45) is 5.22. The van der Waals surface area contributed by atoms with Crippen molar-refractivity contribution < 1.29 is 0 Å². The first-order valence-electron chi connectivity index (χ1n) is 14.7. The van der Waals surface area contributed by atoms with Gasteiger partial charge < -0.3 is 19.7 Å². The monoisotopic (exact) mass is 583 g/mol. The number of hydrogen-bond acceptors (Lipinski definition) is 3. The van der Waals surface area contributed by atoms with E-state index in [4.69, 9.17) is 28.8 Å². The summed E-state index contributed by atoms with van der Waals surface area (Å²) in [5.41, 5.74) is 9.24. The number of aromatic nitrogens is 2. The quantitative estimate of drug-likeness (QED) is 0.232. The second-order valence-corrected chi connectivity index (χ2v) is 12.2. The van der Waals surface area contributed by atoms with Gasteiger partial charge in [0.1, 0.15) is 0 Å². The van der Waals surface area contributed by atoms with E-state index in [1.54, 1.807) is 0 Å². The van der Waals surface area contributed by atoms with Gasteiger partial charge >= 0.3 is 0 Å². The number of halogens is 1. The fourth-order valence-corrected chi connectivity index (χ4v) is 7.23. The van der Waals surface area contributed by atoms with Crippen LogP contribution in [0.15, 0.2) is 72.9 Å². The van der Waals surface area contributed by atoms with Crippen LogP contribution in [0.4, 0.5) is 11.4 Å². The third-order valence-corrected chi connectivity index (χ3v) is 9.45. The predicted octanol–water partition coefficient (Wildman–Crippen LogP) is 8.12. The molecule has 2 saturated heterocycles. The average molecular weight is 584 g/mol. The molecule has 0 spiro atoms. The van der Waals surface area contributed by atoms with Crippen LogP contribution in [0.2, 0.25) is 5.02 Å². The summed E-state index contributed by atoms with van der Waals surface area (Å²) >= 11 is 13.0. The smallest absolute Gasteiger partial charge is 0.174 e. The topological polar surface area (TPSA) is 36.3 Å².